The molecule has 7 heteroatoms. The number of amides is 1. The highest BCUT2D eigenvalue weighted by Gasteiger charge is 2.33. The predicted molar refractivity (Wildman–Crippen MR) is 76.1 cm³/mol. The molecule has 0 saturated carbocycles. The number of aliphatic carboxylic acids is 1. The van der Waals surface area contributed by atoms with Gasteiger partial charge in [0.25, 0.3) is 5.91 Å². The van der Waals surface area contributed by atoms with Gasteiger partial charge in [-0.1, -0.05) is 0 Å². The van der Waals surface area contributed by atoms with E-state index in [2.05, 4.69) is 4.98 Å². The largest absolute Gasteiger partial charge is 0.479 e. The van der Waals surface area contributed by atoms with E-state index in [4.69, 9.17) is 9.84 Å². The van der Waals surface area contributed by atoms with Gasteiger partial charge in [0.15, 0.2) is 11.9 Å². The molecule has 2 N–H and O–H groups in total. The number of ketones is 1. The van der Waals surface area contributed by atoms with Gasteiger partial charge < -0.3 is 19.7 Å². The first kappa shape index (κ1) is 14.8. The Bertz CT molecular complexity index is 649. The lowest BCUT2D eigenvalue weighted by Crippen LogP contribution is -2.48. The number of fused-ring (bicyclic) bond motifs is 1. The number of morpholine rings is 1. The minimum Gasteiger partial charge on any atom is -0.479 e. The molecule has 1 aliphatic carbocycles. The molecule has 0 bridgehead atoms. The molecule has 1 atom stereocenters. The summed E-state index contributed by atoms with van der Waals surface area (Å²) in [6, 6.07) is 0. The maximum Gasteiger partial charge on any atom is 0.334 e. The van der Waals surface area contributed by atoms with Crippen molar-refractivity contribution in [2.45, 2.75) is 32.3 Å². The number of aromatic amines is 1. The zero-order valence-electron chi connectivity index (χ0n) is 12.3. The minimum atomic E-state index is -1.07. The minimum absolute atomic E-state index is 0.0191. The van der Waals surface area contributed by atoms with Gasteiger partial charge in [0, 0.05) is 24.2 Å². The molecular formula is C15H18N2O5. The summed E-state index contributed by atoms with van der Waals surface area (Å²) in [5, 5.41) is 9.01. The number of Topliss-reactive ketones (excluding diaryl/α,β-unsaturated/α-hetero) is 1. The van der Waals surface area contributed by atoms with Crippen LogP contribution in [-0.2, 0) is 16.0 Å². The van der Waals surface area contributed by atoms with Crippen LogP contribution in [0.15, 0.2) is 0 Å². The highest BCUT2D eigenvalue weighted by atomic mass is 16.5. The summed E-state index contributed by atoms with van der Waals surface area (Å²) in [5.74, 6) is -1.27. The van der Waals surface area contributed by atoms with Crippen molar-refractivity contribution in [3.05, 3.63) is 22.5 Å². The topological polar surface area (TPSA) is 99.7 Å². The lowest BCUT2D eigenvalue weighted by molar-refractivity contribution is -0.154. The molecule has 1 aromatic heterocycles. The van der Waals surface area contributed by atoms with Gasteiger partial charge in [-0.15, -0.1) is 0 Å². The number of ether oxygens (including phenoxy) is 1. The molecule has 0 radical (unpaired) electrons. The van der Waals surface area contributed by atoms with Crippen LogP contribution in [0, 0.1) is 6.92 Å². The number of H-pyrrole nitrogens is 1. The molecule has 0 spiro atoms. The van der Waals surface area contributed by atoms with Crippen LogP contribution in [0.25, 0.3) is 0 Å². The third-order valence-corrected chi connectivity index (χ3v) is 4.28. The quantitative estimate of drug-likeness (QED) is 0.840. The van der Waals surface area contributed by atoms with Crippen LogP contribution in [0.1, 0.15) is 44.9 Å². The molecule has 1 saturated heterocycles. The van der Waals surface area contributed by atoms with Gasteiger partial charge in [0.05, 0.1) is 13.2 Å². The molecule has 1 amide bonds. The van der Waals surface area contributed by atoms with Gasteiger partial charge in [0.1, 0.15) is 5.69 Å². The van der Waals surface area contributed by atoms with Crippen molar-refractivity contribution in [2.24, 2.45) is 0 Å². The summed E-state index contributed by atoms with van der Waals surface area (Å²) in [6.45, 7) is 2.33. The number of hydrogen-bond donors (Lipinski definition) is 2. The molecule has 3 rings (SSSR count). The zero-order valence-corrected chi connectivity index (χ0v) is 12.3. The van der Waals surface area contributed by atoms with Crippen molar-refractivity contribution < 1.29 is 24.2 Å². The number of carbonyl (C=O) groups is 3. The van der Waals surface area contributed by atoms with Gasteiger partial charge in [-0.2, -0.15) is 0 Å². The number of aryl methyl sites for hydroxylation is 1. The Kier molecular flexibility index (Phi) is 3.74. The van der Waals surface area contributed by atoms with Crippen LogP contribution >= 0.6 is 0 Å². The van der Waals surface area contributed by atoms with Crippen molar-refractivity contribution >= 4 is 17.7 Å². The molecule has 7 nitrogen and oxygen atoms in total. The molecule has 1 unspecified atom stereocenters. The summed E-state index contributed by atoms with van der Waals surface area (Å²) in [7, 11) is 0. The fraction of sp³-hybridized carbons (Fsp3) is 0.533. The summed E-state index contributed by atoms with van der Waals surface area (Å²) < 4.78 is 5.13. The molecule has 0 aromatic carbocycles. The molecule has 1 aliphatic heterocycles. The van der Waals surface area contributed by atoms with E-state index in [0.717, 1.165) is 18.5 Å². The standard InChI is InChI=1S/C15H18N2O5/c1-8-12-9(3-2-4-10(12)18)16-13(8)14(19)17-5-6-22-11(7-17)15(20)21/h11,16H,2-7H2,1H3,(H,20,21). The Hall–Kier alpha value is -2.15. The second-order valence-electron chi connectivity index (χ2n) is 5.70. The zero-order chi connectivity index (χ0) is 15.9. The molecule has 22 heavy (non-hydrogen) atoms. The van der Waals surface area contributed by atoms with Crippen LogP contribution in [0.4, 0.5) is 0 Å². The number of carboxylic acids is 1. The molecule has 118 valence electrons. The highest BCUT2D eigenvalue weighted by molar-refractivity contribution is 6.04. The average molecular weight is 306 g/mol. The van der Waals surface area contributed by atoms with E-state index in [0.29, 0.717) is 29.8 Å². The lowest BCUT2D eigenvalue weighted by atomic mass is 9.93. The van der Waals surface area contributed by atoms with Crippen LogP contribution < -0.4 is 0 Å². The number of nitrogens with zero attached hydrogens (tertiary/aromatic N) is 1. The van der Waals surface area contributed by atoms with E-state index < -0.39 is 12.1 Å². The first-order valence-electron chi connectivity index (χ1n) is 7.37. The highest BCUT2D eigenvalue weighted by Crippen LogP contribution is 2.27. The van der Waals surface area contributed by atoms with Crippen LogP contribution in [0.2, 0.25) is 0 Å². The van der Waals surface area contributed by atoms with E-state index in [1.807, 2.05) is 0 Å². The van der Waals surface area contributed by atoms with E-state index in [1.54, 1.807) is 6.92 Å². The SMILES string of the molecule is Cc1c(C(=O)N2CCOC(C(=O)O)C2)[nH]c2c1C(=O)CCC2. The number of carbonyl (C=O) groups excluding carboxylic acids is 2. The van der Waals surface area contributed by atoms with Gasteiger partial charge in [-0.25, -0.2) is 4.79 Å². The number of carboxylic acid groups (broad SMARTS) is 1. The predicted octanol–water partition coefficient (Wildman–Crippen LogP) is 0.768. The van der Waals surface area contributed by atoms with Crippen LogP contribution in [0.3, 0.4) is 0 Å². The summed E-state index contributed by atoms with van der Waals surface area (Å²) in [5.41, 5.74) is 2.52. The summed E-state index contributed by atoms with van der Waals surface area (Å²) in [4.78, 5) is 40.2. The monoisotopic (exact) mass is 306 g/mol. The van der Waals surface area contributed by atoms with E-state index in [9.17, 15) is 14.4 Å². The summed E-state index contributed by atoms with van der Waals surface area (Å²) in [6.07, 6.45) is 1.07. The lowest BCUT2D eigenvalue weighted by Gasteiger charge is -2.30. The van der Waals surface area contributed by atoms with Crippen LogP contribution in [0.5, 0.6) is 0 Å². The van der Waals surface area contributed by atoms with Crippen molar-refractivity contribution in [1.29, 1.82) is 0 Å². The second-order valence-corrected chi connectivity index (χ2v) is 5.70. The Balaban J connectivity index is 1.86. The van der Waals surface area contributed by atoms with Crippen molar-refractivity contribution in [3.63, 3.8) is 0 Å². The smallest absolute Gasteiger partial charge is 0.334 e. The summed E-state index contributed by atoms with van der Waals surface area (Å²) >= 11 is 0. The van der Waals surface area contributed by atoms with Gasteiger partial charge in [-0.3, -0.25) is 9.59 Å². The first-order chi connectivity index (χ1) is 10.5. The molecule has 2 heterocycles. The maximum atomic E-state index is 12.6. The molecule has 1 aromatic rings. The fourth-order valence-electron chi connectivity index (χ4n) is 3.13. The van der Waals surface area contributed by atoms with Gasteiger partial charge in [-0.05, 0) is 25.3 Å². The van der Waals surface area contributed by atoms with Crippen molar-refractivity contribution in [1.82, 2.24) is 9.88 Å². The number of rotatable bonds is 2. The first-order valence-corrected chi connectivity index (χ1v) is 7.37. The van der Waals surface area contributed by atoms with E-state index in [-0.39, 0.29) is 24.8 Å². The normalized spacial score (nSPS) is 21.6. The Labute approximate surface area is 127 Å². The number of nitrogens with one attached hydrogen (secondary N) is 1. The van der Waals surface area contributed by atoms with Gasteiger partial charge >= 0.3 is 5.97 Å². The molecule has 2 aliphatic rings. The maximum absolute atomic E-state index is 12.6. The fourth-order valence-corrected chi connectivity index (χ4v) is 3.13. The van der Waals surface area contributed by atoms with E-state index >= 15 is 0 Å². The molecule has 1 fully saturated rings. The number of hydrogen-bond acceptors (Lipinski definition) is 4. The Morgan fingerprint density at radius 1 is 1.36 bits per heavy atom. The third-order valence-electron chi connectivity index (χ3n) is 4.28. The Morgan fingerprint density at radius 2 is 2.14 bits per heavy atom. The second kappa shape index (κ2) is 5.57. The third kappa shape index (κ3) is 2.41. The van der Waals surface area contributed by atoms with E-state index in [1.165, 1.54) is 4.90 Å². The van der Waals surface area contributed by atoms with Gasteiger partial charge in [0.2, 0.25) is 0 Å². The average Bonchev–Trinajstić information content (AvgIpc) is 2.85. The van der Waals surface area contributed by atoms with Crippen molar-refractivity contribution in [2.75, 3.05) is 19.7 Å². The van der Waals surface area contributed by atoms with Crippen molar-refractivity contribution in [3.8, 4) is 0 Å². The molecular weight excluding hydrogens is 288 g/mol. The van der Waals surface area contributed by atoms with Crippen LogP contribution in [-0.4, -0.2) is 58.5 Å². The Morgan fingerprint density at radius 3 is 2.82 bits per heavy atom. The number of aromatic nitrogens is 1.